The quantitative estimate of drug-likeness (QED) is 0.724. The molecule has 1 rings (SSSR count). The van der Waals surface area contributed by atoms with Crippen molar-refractivity contribution in [1.82, 2.24) is 0 Å². The molecule has 0 aliphatic rings. The summed E-state index contributed by atoms with van der Waals surface area (Å²) in [6.45, 7) is 1.53. The van der Waals surface area contributed by atoms with Gasteiger partial charge in [-0.05, 0) is 24.1 Å². The Kier molecular flexibility index (Phi) is 3.89. The maximum Gasteiger partial charge on any atom is 0.105 e. The van der Waals surface area contributed by atoms with Gasteiger partial charge in [0, 0.05) is 17.6 Å². The van der Waals surface area contributed by atoms with Gasteiger partial charge >= 0.3 is 0 Å². The number of anilines is 1. The summed E-state index contributed by atoms with van der Waals surface area (Å²) in [7, 11) is 0. The van der Waals surface area contributed by atoms with Gasteiger partial charge in [-0.15, -0.1) is 0 Å². The monoisotopic (exact) mass is 196 g/mol. The van der Waals surface area contributed by atoms with Crippen LogP contribution in [0.5, 0.6) is 0 Å². The average molecular weight is 196 g/mol. The summed E-state index contributed by atoms with van der Waals surface area (Å²) >= 11 is 0. The van der Waals surface area contributed by atoms with Crippen LogP contribution in [-0.2, 0) is 0 Å². The molecule has 14 heavy (non-hydrogen) atoms. The van der Waals surface area contributed by atoms with Gasteiger partial charge in [-0.1, -0.05) is 19.1 Å². The first-order valence-corrected chi connectivity index (χ1v) is 4.86. The van der Waals surface area contributed by atoms with Crippen LogP contribution in [0.3, 0.4) is 0 Å². The normalized spacial score (nSPS) is 15.1. The van der Waals surface area contributed by atoms with Crippen LogP contribution < -0.4 is 11.5 Å². The van der Waals surface area contributed by atoms with Crippen LogP contribution in [0.2, 0.25) is 0 Å². The Labute approximate surface area is 84.1 Å². The SMILES string of the molecule is CCC(c1ccc(N)cc1)C(N)CF. The third-order valence-electron chi connectivity index (χ3n) is 2.50. The molecule has 4 N–H and O–H groups in total. The van der Waals surface area contributed by atoms with E-state index in [4.69, 9.17) is 11.5 Å². The molecule has 1 aromatic rings. The summed E-state index contributed by atoms with van der Waals surface area (Å²) < 4.78 is 12.4. The highest BCUT2D eigenvalue weighted by atomic mass is 19.1. The number of hydrogen-bond donors (Lipinski definition) is 2. The minimum absolute atomic E-state index is 0.0839. The smallest absolute Gasteiger partial charge is 0.105 e. The molecule has 0 saturated heterocycles. The lowest BCUT2D eigenvalue weighted by molar-refractivity contribution is 0.380. The molecule has 0 bridgehead atoms. The van der Waals surface area contributed by atoms with Crippen LogP contribution in [0, 0.1) is 0 Å². The Hall–Kier alpha value is -1.09. The zero-order valence-electron chi connectivity index (χ0n) is 8.41. The van der Waals surface area contributed by atoms with Crippen molar-refractivity contribution in [1.29, 1.82) is 0 Å². The first-order valence-electron chi connectivity index (χ1n) is 4.86. The van der Waals surface area contributed by atoms with Crippen molar-refractivity contribution in [2.24, 2.45) is 5.73 Å². The summed E-state index contributed by atoms with van der Waals surface area (Å²) in [5.41, 5.74) is 13.0. The number of halogens is 1. The van der Waals surface area contributed by atoms with Crippen molar-refractivity contribution in [2.75, 3.05) is 12.4 Å². The first kappa shape index (κ1) is 11.0. The maximum atomic E-state index is 12.4. The second-order valence-electron chi connectivity index (χ2n) is 3.50. The molecule has 0 saturated carbocycles. The second-order valence-corrected chi connectivity index (χ2v) is 3.50. The fraction of sp³-hybridized carbons (Fsp3) is 0.455. The fourth-order valence-electron chi connectivity index (χ4n) is 1.64. The molecule has 0 aliphatic heterocycles. The molecular weight excluding hydrogens is 179 g/mol. The van der Waals surface area contributed by atoms with E-state index in [9.17, 15) is 4.39 Å². The first-order chi connectivity index (χ1) is 6.69. The van der Waals surface area contributed by atoms with Gasteiger partial charge in [-0.3, -0.25) is 0 Å². The zero-order valence-corrected chi connectivity index (χ0v) is 8.41. The molecule has 3 heteroatoms. The third-order valence-corrected chi connectivity index (χ3v) is 2.50. The average Bonchev–Trinajstić information content (AvgIpc) is 2.21. The van der Waals surface area contributed by atoms with E-state index in [2.05, 4.69) is 0 Å². The van der Waals surface area contributed by atoms with E-state index in [1.807, 2.05) is 31.2 Å². The largest absolute Gasteiger partial charge is 0.399 e. The number of nitrogens with two attached hydrogens (primary N) is 2. The highest BCUT2D eigenvalue weighted by Gasteiger charge is 2.17. The Bertz CT molecular complexity index is 271. The highest BCUT2D eigenvalue weighted by Crippen LogP contribution is 2.23. The van der Waals surface area contributed by atoms with Crippen LogP contribution in [0.15, 0.2) is 24.3 Å². The van der Waals surface area contributed by atoms with Crippen LogP contribution in [0.4, 0.5) is 10.1 Å². The molecule has 2 nitrogen and oxygen atoms in total. The predicted molar refractivity (Wildman–Crippen MR) is 57.8 cm³/mol. The molecule has 0 fully saturated rings. The van der Waals surface area contributed by atoms with Gasteiger partial charge in [-0.2, -0.15) is 0 Å². The Balaban J connectivity index is 2.84. The summed E-state index contributed by atoms with van der Waals surface area (Å²) in [6, 6.07) is 7.06. The van der Waals surface area contributed by atoms with E-state index in [0.717, 1.165) is 17.7 Å². The number of alkyl halides is 1. The molecule has 0 spiro atoms. The van der Waals surface area contributed by atoms with Gasteiger partial charge in [0.2, 0.25) is 0 Å². The van der Waals surface area contributed by atoms with Gasteiger partial charge in [0.15, 0.2) is 0 Å². The van der Waals surface area contributed by atoms with Crippen molar-refractivity contribution >= 4 is 5.69 Å². The number of hydrogen-bond acceptors (Lipinski definition) is 2. The van der Waals surface area contributed by atoms with Crippen molar-refractivity contribution in [3.63, 3.8) is 0 Å². The van der Waals surface area contributed by atoms with E-state index in [-0.39, 0.29) is 5.92 Å². The summed E-state index contributed by atoms with van der Waals surface area (Å²) in [5.74, 6) is 0.0839. The van der Waals surface area contributed by atoms with E-state index in [1.54, 1.807) is 0 Å². The van der Waals surface area contributed by atoms with E-state index in [1.165, 1.54) is 0 Å². The maximum absolute atomic E-state index is 12.4. The molecule has 0 amide bonds. The molecule has 2 unspecified atom stereocenters. The Morgan fingerprint density at radius 2 is 1.86 bits per heavy atom. The van der Waals surface area contributed by atoms with Gasteiger partial charge in [0.25, 0.3) is 0 Å². The van der Waals surface area contributed by atoms with Gasteiger partial charge in [-0.25, -0.2) is 4.39 Å². The van der Waals surface area contributed by atoms with Crippen molar-refractivity contribution < 1.29 is 4.39 Å². The minimum atomic E-state index is -0.483. The molecular formula is C11H17FN2. The van der Waals surface area contributed by atoms with E-state index in [0.29, 0.717) is 0 Å². The predicted octanol–water partition coefficient (Wildman–Crippen LogP) is 2.06. The van der Waals surface area contributed by atoms with Crippen LogP contribution >= 0.6 is 0 Å². The summed E-state index contributed by atoms with van der Waals surface area (Å²) in [4.78, 5) is 0. The lowest BCUT2D eigenvalue weighted by atomic mass is 9.90. The molecule has 78 valence electrons. The van der Waals surface area contributed by atoms with Crippen LogP contribution in [-0.4, -0.2) is 12.7 Å². The second kappa shape index (κ2) is 4.96. The topological polar surface area (TPSA) is 52.0 Å². The number of rotatable bonds is 4. The van der Waals surface area contributed by atoms with E-state index < -0.39 is 12.7 Å². The highest BCUT2D eigenvalue weighted by molar-refractivity contribution is 5.40. The molecule has 0 aromatic heterocycles. The molecule has 1 aromatic carbocycles. The standard InChI is InChI=1S/C11H17FN2/c1-2-10(11(14)7-12)8-3-5-9(13)6-4-8/h3-6,10-11H,2,7,13-14H2,1H3. The summed E-state index contributed by atoms with van der Waals surface area (Å²) in [5, 5.41) is 0. The Morgan fingerprint density at radius 1 is 1.29 bits per heavy atom. The van der Waals surface area contributed by atoms with Crippen LogP contribution in [0.1, 0.15) is 24.8 Å². The molecule has 0 aliphatic carbocycles. The molecule has 2 atom stereocenters. The lowest BCUT2D eigenvalue weighted by Crippen LogP contribution is -2.30. The summed E-state index contributed by atoms with van der Waals surface area (Å²) in [6.07, 6.45) is 0.842. The fourth-order valence-corrected chi connectivity index (χ4v) is 1.64. The Morgan fingerprint density at radius 3 is 2.29 bits per heavy atom. The van der Waals surface area contributed by atoms with E-state index >= 15 is 0 Å². The molecule has 0 heterocycles. The van der Waals surface area contributed by atoms with Gasteiger partial charge < -0.3 is 11.5 Å². The van der Waals surface area contributed by atoms with Gasteiger partial charge in [0.05, 0.1) is 0 Å². The number of nitrogen functional groups attached to an aromatic ring is 1. The zero-order chi connectivity index (χ0) is 10.6. The third kappa shape index (κ3) is 2.45. The molecule has 0 radical (unpaired) electrons. The van der Waals surface area contributed by atoms with Crippen molar-refractivity contribution in [3.8, 4) is 0 Å². The van der Waals surface area contributed by atoms with Crippen molar-refractivity contribution in [3.05, 3.63) is 29.8 Å². The van der Waals surface area contributed by atoms with Gasteiger partial charge in [0.1, 0.15) is 6.67 Å². The van der Waals surface area contributed by atoms with Crippen LogP contribution in [0.25, 0.3) is 0 Å². The number of benzene rings is 1. The lowest BCUT2D eigenvalue weighted by Gasteiger charge is -2.20. The van der Waals surface area contributed by atoms with Crippen molar-refractivity contribution in [2.45, 2.75) is 25.3 Å². The minimum Gasteiger partial charge on any atom is -0.399 e.